The summed E-state index contributed by atoms with van der Waals surface area (Å²) in [5, 5.41) is 0. The maximum Gasteiger partial charge on any atom is 0.306 e. The summed E-state index contributed by atoms with van der Waals surface area (Å²) in [7, 11) is 0. The third-order valence-electron chi connectivity index (χ3n) is 9.77. The molecule has 10 heteroatoms. The number of allylic oxidation sites excluding steroid dienone is 1. The SMILES string of the molecule is CCc1oc(C(C)C=C(C)C(OC(C)=O)C(C)C(OC(=O)CC(C)C)C(C)c2oc(C(C)C(CC)OC(C)=O)c(C)c(=O)c2C)c(C)c(=O)c1C. The van der Waals surface area contributed by atoms with Crippen molar-refractivity contribution in [3.8, 4) is 0 Å². The van der Waals surface area contributed by atoms with Crippen LogP contribution in [0.5, 0.6) is 0 Å². The van der Waals surface area contributed by atoms with E-state index in [1.54, 1.807) is 27.7 Å². The molecule has 0 aliphatic carbocycles. The first kappa shape index (κ1) is 43.2. The Morgan fingerprint density at radius 2 is 1.20 bits per heavy atom. The molecule has 2 aromatic rings. The fraction of sp³-hybridized carbons (Fsp3) is 0.634. The Morgan fingerprint density at radius 3 is 1.69 bits per heavy atom. The lowest BCUT2D eigenvalue weighted by atomic mass is 9.82. The molecule has 0 saturated carbocycles. The lowest BCUT2D eigenvalue weighted by molar-refractivity contribution is -0.160. The molecular weight excluding hydrogens is 652 g/mol. The standard InChI is InChI=1S/C41H60O10/c1-16-32-23(7)35(45)25(9)37(49-32)21(5)19-22(6)38(48-31(15)43)28(12)41(50-34(44)18-20(3)4)29(13)40-27(11)36(46)26(10)39(51-40)24(8)33(17-2)47-30(14)42/h19-21,24,28-29,33,38,41H,16-18H2,1-15H3. The van der Waals surface area contributed by atoms with Crippen LogP contribution in [0.2, 0.25) is 0 Å². The molecule has 2 aromatic heterocycles. The van der Waals surface area contributed by atoms with Crippen LogP contribution in [-0.2, 0) is 35.0 Å². The predicted octanol–water partition coefficient (Wildman–Crippen LogP) is 8.21. The molecule has 0 aromatic carbocycles. The Hall–Kier alpha value is -3.95. The van der Waals surface area contributed by atoms with Gasteiger partial charge in [0.2, 0.25) is 0 Å². The van der Waals surface area contributed by atoms with Crippen molar-refractivity contribution in [2.45, 2.75) is 159 Å². The van der Waals surface area contributed by atoms with Gasteiger partial charge in [-0.25, -0.2) is 0 Å². The monoisotopic (exact) mass is 712 g/mol. The summed E-state index contributed by atoms with van der Waals surface area (Å²) in [5.74, 6) is -1.54. The summed E-state index contributed by atoms with van der Waals surface area (Å²) in [4.78, 5) is 64.5. The first-order chi connectivity index (χ1) is 23.7. The Kier molecular flexibility index (Phi) is 15.7. The smallest absolute Gasteiger partial charge is 0.306 e. The van der Waals surface area contributed by atoms with E-state index in [0.717, 1.165) is 0 Å². The number of hydrogen-bond acceptors (Lipinski definition) is 10. The van der Waals surface area contributed by atoms with Gasteiger partial charge in [0.15, 0.2) is 10.9 Å². The fourth-order valence-corrected chi connectivity index (χ4v) is 7.02. The van der Waals surface area contributed by atoms with Gasteiger partial charge in [0.05, 0.1) is 11.8 Å². The minimum atomic E-state index is -0.895. The van der Waals surface area contributed by atoms with Gasteiger partial charge >= 0.3 is 17.9 Å². The largest absolute Gasteiger partial charge is 0.465 e. The summed E-state index contributed by atoms with van der Waals surface area (Å²) in [6.45, 7) is 26.4. The molecule has 0 bridgehead atoms. The molecule has 0 amide bonds. The van der Waals surface area contributed by atoms with Crippen LogP contribution in [-0.4, -0.2) is 36.2 Å². The first-order valence-electron chi connectivity index (χ1n) is 18.2. The van der Waals surface area contributed by atoms with Crippen LogP contribution in [0, 0.1) is 39.5 Å². The lowest BCUT2D eigenvalue weighted by Gasteiger charge is -2.35. The van der Waals surface area contributed by atoms with E-state index in [4.69, 9.17) is 23.0 Å². The highest BCUT2D eigenvalue weighted by atomic mass is 16.6. The molecule has 0 N–H and O–H groups in total. The zero-order valence-corrected chi connectivity index (χ0v) is 33.4. The van der Waals surface area contributed by atoms with Crippen LogP contribution < -0.4 is 10.9 Å². The molecule has 284 valence electrons. The van der Waals surface area contributed by atoms with Crippen molar-refractivity contribution in [1.29, 1.82) is 0 Å². The Labute approximate surface area is 303 Å². The quantitative estimate of drug-likeness (QED) is 0.0950. The molecule has 10 nitrogen and oxygen atoms in total. The normalized spacial score (nSPS) is 16.1. The second-order valence-corrected chi connectivity index (χ2v) is 14.5. The van der Waals surface area contributed by atoms with Crippen LogP contribution in [0.3, 0.4) is 0 Å². The van der Waals surface area contributed by atoms with Crippen LogP contribution in [0.4, 0.5) is 0 Å². The van der Waals surface area contributed by atoms with E-state index >= 15 is 0 Å². The van der Waals surface area contributed by atoms with E-state index in [2.05, 4.69) is 0 Å². The van der Waals surface area contributed by atoms with Gasteiger partial charge in [-0.15, -0.1) is 0 Å². The highest BCUT2D eigenvalue weighted by Crippen LogP contribution is 2.37. The van der Waals surface area contributed by atoms with Crippen molar-refractivity contribution in [2.24, 2.45) is 11.8 Å². The van der Waals surface area contributed by atoms with Gasteiger partial charge in [-0.2, -0.15) is 0 Å². The van der Waals surface area contributed by atoms with Crippen molar-refractivity contribution >= 4 is 17.9 Å². The molecule has 7 atom stereocenters. The number of esters is 3. The van der Waals surface area contributed by atoms with Crippen molar-refractivity contribution in [3.63, 3.8) is 0 Å². The third-order valence-corrected chi connectivity index (χ3v) is 9.77. The molecule has 2 heterocycles. The number of hydrogen-bond donors (Lipinski definition) is 0. The van der Waals surface area contributed by atoms with Gasteiger partial charge in [0.25, 0.3) is 0 Å². The summed E-state index contributed by atoms with van der Waals surface area (Å²) in [6, 6.07) is 0. The summed E-state index contributed by atoms with van der Waals surface area (Å²) in [6.07, 6.45) is 0.867. The number of carbonyl (C=O) groups excluding carboxylic acids is 3. The van der Waals surface area contributed by atoms with E-state index in [9.17, 15) is 24.0 Å². The van der Waals surface area contributed by atoms with Crippen molar-refractivity contribution in [3.05, 3.63) is 77.4 Å². The average molecular weight is 713 g/mol. The lowest BCUT2D eigenvalue weighted by Crippen LogP contribution is -2.40. The zero-order chi connectivity index (χ0) is 39.1. The molecule has 0 saturated heterocycles. The van der Waals surface area contributed by atoms with E-state index in [-0.39, 0.29) is 29.1 Å². The van der Waals surface area contributed by atoms with Gasteiger partial charge < -0.3 is 23.0 Å². The fourth-order valence-electron chi connectivity index (χ4n) is 7.02. The van der Waals surface area contributed by atoms with Crippen molar-refractivity contribution < 1.29 is 37.4 Å². The van der Waals surface area contributed by atoms with E-state index in [1.807, 2.05) is 68.4 Å². The van der Waals surface area contributed by atoms with Gasteiger partial charge in [0.1, 0.15) is 41.4 Å². The molecule has 0 aliphatic rings. The highest BCUT2D eigenvalue weighted by molar-refractivity contribution is 5.70. The zero-order valence-electron chi connectivity index (χ0n) is 33.4. The minimum Gasteiger partial charge on any atom is -0.465 e. The molecule has 0 aliphatic heterocycles. The van der Waals surface area contributed by atoms with Gasteiger partial charge in [-0.05, 0) is 52.5 Å². The second kappa shape index (κ2) is 18.5. The van der Waals surface area contributed by atoms with Crippen molar-refractivity contribution in [2.75, 3.05) is 0 Å². The maximum absolute atomic E-state index is 13.7. The van der Waals surface area contributed by atoms with Gasteiger partial charge in [0, 0.05) is 60.8 Å². The first-order valence-corrected chi connectivity index (χ1v) is 18.2. The van der Waals surface area contributed by atoms with Crippen LogP contribution in [0.25, 0.3) is 0 Å². The van der Waals surface area contributed by atoms with E-state index in [0.29, 0.717) is 63.7 Å². The molecular formula is C41H60O10. The predicted molar refractivity (Wildman–Crippen MR) is 197 cm³/mol. The molecule has 0 radical (unpaired) electrons. The van der Waals surface area contributed by atoms with Crippen LogP contribution in [0.15, 0.2) is 30.1 Å². The second-order valence-electron chi connectivity index (χ2n) is 14.5. The van der Waals surface area contributed by atoms with E-state index < -0.39 is 54.0 Å². The number of rotatable bonds is 16. The minimum absolute atomic E-state index is 0.0228. The summed E-state index contributed by atoms with van der Waals surface area (Å²) < 4.78 is 30.5. The Bertz CT molecular complexity index is 1710. The average Bonchev–Trinajstić information content (AvgIpc) is 3.05. The number of carbonyl (C=O) groups is 3. The van der Waals surface area contributed by atoms with Crippen LogP contribution in [0.1, 0.15) is 152 Å². The molecule has 51 heavy (non-hydrogen) atoms. The maximum atomic E-state index is 13.7. The molecule has 7 unspecified atom stereocenters. The van der Waals surface area contributed by atoms with Gasteiger partial charge in [-0.1, -0.05) is 61.5 Å². The molecule has 2 rings (SSSR count). The summed E-state index contributed by atoms with van der Waals surface area (Å²) >= 11 is 0. The Balaban J connectivity index is 2.76. The van der Waals surface area contributed by atoms with Gasteiger partial charge in [-0.3, -0.25) is 24.0 Å². The number of aryl methyl sites for hydroxylation is 1. The molecule has 0 spiro atoms. The third kappa shape index (κ3) is 10.5. The highest BCUT2D eigenvalue weighted by Gasteiger charge is 2.39. The number of ether oxygens (including phenoxy) is 3. The Morgan fingerprint density at radius 1 is 0.686 bits per heavy atom. The summed E-state index contributed by atoms with van der Waals surface area (Å²) in [5.41, 5.74) is 2.28. The van der Waals surface area contributed by atoms with Crippen LogP contribution >= 0.6 is 0 Å². The van der Waals surface area contributed by atoms with Crippen molar-refractivity contribution in [1.82, 2.24) is 0 Å². The van der Waals surface area contributed by atoms with E-state index in [1.165, 1.54) is 13.8 Å². The molecule has 0 fully saturated rings. The topological polar surface area (TPSA) is 139 Å².